The predicted molar refractivity (Wildman–Crippen MR) is 45.6 cm³/mol. The van der Waals surface area contributed by atoms with E-state index in [0.717, 1.165) is 19.4 Å². The van der Waals surface area contributed by atoms with Crippen LogP contribution in [0.15, 0.2) is 0 Å². The van der Waals surface area contributed by atoms with Crippen LogP contribution in [0.25, 0.3) is 0 Å². The molecular formula is C8H16N2O2. The SMILES string of the molecule is CC(O)C1CCCN(C(N)=O)C1. The molecule has 0 aromatic heterocycles. The number of primary amides is 1. The van der Waals surface area contributed by atoms with Gasteiger partial charge >= 0.3 is 6.03 Å². The fourth-order valence-corrected chi connectivity index (χ4v) is 1.60. The number of aliphatic hydroxyl groups excluding tert-OH is 1. The molecule has 1 saturated heterocycles. The lowest BCUT2D eigenvalue weighted by atomic mass is 9.94. The van der Waals surface area contributed by atoms with Gasteiger partial charge in [0.2, 0.25) is 0 Å². The molecule has 70 valence electrons. The Morgan fingerprint density at radius 1 is 1.75 bits per heavy atom. The molecule has 1 rings (SSSR count). The molecule has 0 bridgehead atoms. The molecule has 1 fully saturated rings. The second-order valence-corrected chi connectivity index (χ2v) is 3.43. The second kappa shape index (κ2) is 3.76. The maximum absolute atomic E-state index is 10.8. The fraction of sp³-hybridized carbons (Fsp3) is 0.875. The highest BCUT2D eigenvalue weighted by Gasteiger charge is 2.24. The molecule has 1 heterocycles. The van der Waals surface area contributed by atoms with E-state index in [0.29, 0.717) is 6.54 Å². The van der Waals surface area contributed by atoms with E-state index in [1.807, 2.05) is 0 Å². The van der Waals surface area contributed by atoms with Gasteiger partial charge < -0.3 is 15.7 Å². The lowest BCUT2D eigenvalue weighted by Gasteiger charge is -2.32. The van der Waals surface area contributed by atoms with Crippen molar-refractivity contribution in [2.24, 2.45) is 11.7 Å². The molecule has 2 atom stereocenters. The average molecular weight is 172 g/mol. The number of nitrogens with zero attached hydrogens (tertiary/aromatic N) is 1. The van der Waals surface area contributed by atoms with Crippen LogP contribution >= 0.6 is 0 Å². The number of rotatable bonds is 1. The van der Waals surface area contributed by atoms with E-state index < -0.39 is 0 Å². The zero-order valence-corrected chi connectivity index (χ0v) is 7.36. The number of carbonyl (C=O) groups excluding carboxylic acids is 1. The Bertz CT molecular complexity index is 170. The number of urea groups is 1. The van der Waals surface area contributed by atoms with Gasteiger partial charge in [0, 0.05) is 19.0 Å². The summed E-state index contributed by atoms with van der Waals surface area (Å²) in [6.07, 6.45) is 1.59. The van der Waals surface area contributed by atoms with E-state index in [4.69, 9.17) is 5.73 Å². The number of hydrogen-bond donors (Lipinski definition) is 2. The molecule has 0 spiro atoms. The van der Waals surface area contributed by atoms with Gasteiger partial charge in [-0.3, -0.25) is 0 Å². The number of carbonyl (C=O) groups is 1. The normalized spacial score (nSPS) is 26.8. The first kappa shape index (κ1) is 9.32. The molecule has 0 radical (unpaired) electrons. The molecule has 0 saturated carbocycles. The predicted octanol–water partition coefficient (Wildman–Crippen LogP) is 0.158. The monoisotopic (exact) mass is 172 g/mol. The number of aliphatic hydroxyl groups is 1. The van der Waals surface area contributed by atoms with Gasteiger partial charge in [-0.05, 0) is 19.8 Å². The van der Waals surface area contributed by atoms with Crippen LogP contribution in [0.2, 0.25) is 0 Å². The van der Waals surface area contributed by atoms with Gasteiger partial charge in [-0.15, -0.1) is 0 Å². The quantitative estimate of drug-likeness (QED) is 0.591. The Morgan fingerprint density at radius 2 is 2.42 bits per heavy atom. The molecule has 0 aromatic carbocycles. The topological polar surface area (TPSA) is 66.6 Å². The average Bonchev–Trinajstić information content (AvgIpc) is 2.04. The van der Waals surface area contributed by atoms with Crippen LogP contribution < -0.4 is 5.73 Å². The summed E-state index contributed by atoms with van der Waals surface area (Å²) in [5.41, 5.74) is 5.13. The van der Waals surface area contributed by atoms with Crippen molar-refractivity contribution in [2.75, 3.05) is 13.1 Å². The zero-order valence-electron chi connectivity index (χ0n) is 7.36. The van der Waals surface area contributed by atoms with Crippen molar-refractivity contribution in [2.45, 2.75) is 25.9 Å². The highest BCUT2D eigenvalue weighted by Crippen LogP contribution is 2.18. The lowest BCUT2D eigenvalue weighted by Crippen LogP contribution is -2.45. The number of hydrogen-bond acceptors (Lipinski definition) is 2. The number of piperidine rings is 1. The summed E-state index contributed by atoms with van der Waals surface area (Å²) >= 11 is 0. The third-order valence-electron chi connectivity index (χ3n) is 2.45. The Morgan fingerprint density at radius 3 is 2.92 bits per heavy atom. The molecule has 2 amide bonds. The summed E-state index contributed by atoms with van der Waals surface area (Å²) in [6.45, 7) is 3.10. The van der Waals surface area contributed by atoms with Crippen molar-refractivity contribution in [3.8, 4) is 0 Å². The number of amides is 2. The standard InChI is InChI=1S/C8H16N2O2/c1-6(11)7-3-2-4-10(5-7)8(9)12/h6-7,11H,2-5H2,1H3,(H2,9,12). The molecule has 12 heavy (non-hydrogen) atoms. The molecule has 2 unspecified atom stereocenters. The summed E-state index contributed by atoms with van der Waals surface area (Å²) in [6, 6.07) is -0.375. The van der Waals surface area contributed by atoms with E-state index in [1.165, 1.54) is 0 Å². The minimum atomic E-state index is -0.375. The van der Waals surface area contributed by atoms with Crippen molar-refractivity contribution < 1.29 is 9.90 Å². The fourth-order valence-electron chi connectivity index (χ4n) is 1.60. The van der Waals surface area contributed by atoms with Gasteiger partial charge in [-0.2, -0.15) is 0 Å². The van der Waals surface area contributed by atoms with Gasteiger partial charge in [-0.1, -0.05) is 0 Å². The van der Waals surface area contributed by atoms with Gasteiger partial charge in [-0.25, -0.2) is 4.79 Å². The highest BCUT2D eigenvalue weighted by atomic mass is 16.3. The smallest absolute Gasteiger partial charge is 0.314 e. The van der Waals surface area contributed by atoms with Crippen LogP contribution in [0.4, 0.5) is 4.79 Å². The first-order valence-electron chi connectivity index (χ1n) is 4.33. The summed E-state index contributed by atoms with van der Waals surface area (Å²) in [5.74, 6) is 0.200. The number of nitrogens with two attached hydrogens (primary N) is 1. The summed E-state index contributed by atoms with van der Waals surface area (Å²) in [7, 11) is 0. The molecular weight excluding hydrogens is 156 g/mol. The Kier molecular flexibility index (Phi) is 2.92. The third-order valence-corrected chi connectivity index (χ3v) is 2.45. The van der Waals surface area contributed by atoms with Gasteiger partial charge in [0.1, 0.15) is 0 Å². The Labute approximate surface area is 72.3 Å². The van der Waals surface area contributed by atoms with Crippen molar-refractivity contribution >= 4 is 6.03 Å². The highest BCUT2D eigenvalue weighted by molar-refractivity contribution is 5.72. The van der Waals surface area contributed by atoms with Crippen molar-refractivity contribution in [3.05, 3.63) is 0 Å². The maximum atomic E-state index is 10.8. The van der Waals surface area contributed by atoms with E-state index >= 15 is 0 Å². The molecule has 3 N–H and O–H groups in total. The summed E-state index contributed by atoms with van der Waals surface area (Å²) < 4.78 is 0. The Hall–Kier alpha value is -0.770. The summed E-state index contributed by atoms with van der Waals surface area (Å²) in [4.78, 5) is 12.4. The van der Waals surface area contributed by atoms with E-state index in [-0.39, 0.29) is 18.1 Å². The van der Waals surface area contributed by atoms with Gasteiger partial charge in [0.05, 0.1) is 6.10 Å². The van der Waals surface area contributed by atoms with Crippen LogP contribution in [0.5, 0.6) is 0 Å². The largest absolute Gasteiger partial charge is 0.393 e. The van der Waals surface area contributed by atoms with Gasteiger partial charge in [0.15, 0.2) is 0 Å². The first-order chi connectivity index (χ1) is 5.61. The van der Waals surface area contributed by atoms with Gasteiger partial charge in [0.25, 0.3) is 0 Å². The summed E-state index contributed by atoms with van der Waals surface area (Å²) in [5, 5.41) is 9.30. The maximum Gasteiger partial charge on any atom is 0.314 e. The molecule has 4 nitrogen and oxygen atoms in total. The van der Waals surface area contributed by atoms with E-state index in [1.54, 1.807) is 11.8 Å². The minimum Gasteiger partial charge on any atom is -0.393 e. The molecule has 0 aliphatic carbocycles. The van der Waals surface area contributed by atoms with Crippen molar-refractivity contribution in [1.29, 1.82) is 0 Å². The lowest BCUT2D eigenvalue weighted by molar-refractivity contribution is 0.0758. The van der Waals surface area contributed by atoms with Crippen molar-refractivity contribution in [1.82, 2.24) is 4.90 Å². The van der Waals surface area contributed by atoms with Crippen molar-refractivity contribution in [3.63, 3.8) is 0 Å². The van der Waals surface area contributed by atoms with E-state index in [2.05, 4.69) is 0 Å². The molecule has 0 aromatic rings. The van der Waals surface area contributed by atoms with Crippen LogP contribution in [0.3, 0.4) is 0 Å². The van der Waals surface area contributed by atoms with E-state index in [9.17, 15) is 9.90 Å². The van der Waals surface area contributed by atoms with Crippen LogP contribution in [-0.4, -0.2) is 35.2 Å². The Balaban J connectivity index is 2.46. The second-order valence-electron chi connectivity index (χ2n) is 3.43. The van der Waals surface area contributed by atoms with Crippen LogP contribution in [-0.2, 0) is 0 Å². The molecule has 1 aliphatic rings. The van der Waals surface area contributed by atoms with Crippen LogP contribution in [0.1, 0.15) is 19.8 Å². The third kappa shape index (κ3) is 2.11. The zero-order chi connectivity index (χ0) is 9.14. The minimum absolute atomic E-state index is 0.200. The van der Waals surface area contributed by atoms with Crippen LogP contribution in [0, 0.1) is 5.92 Å². The molecule has 1 aliphatic heterocycles. The molecule has 4 heteroatoms. The first-order valence-corrected chi connectivity index (χ1v) is 4.33. The number of likely N-dealkylation sites (tertiary alicyclic amines) is 1.